The highest BCUT2D eigenvalue weighted by Gasteiger charge is 2.42. The first kappa shape index (κ1) is 23.9. The van der Waals surface area contributed by atoms with Crippen molar-refractivity contribution in [1.82, 2.24) is 15.1 Å². The summed E-state index contributed by atoms with van der Waals surface area (Å²) in [6.07, 6.45) is 3.22. The summed E-state index contributed by atoms with van der Waals surface area (Å²) < 4.78 is 10.8. The Morgan fingerprint density at radius 3 is 2.47 bits per heavy atom. The average molecular weight is 446 g/mol. The van der Waals surface area contributed by atoms with Crippen molar-refractivity contribution in [3.63, 3.8) is 0 Å². The highest BCUT2D eigenvalue weighted by Crippen LogP contribution is 2.26. The second kappa shape index (κ2) is 10.2. The lowest BCUT2D eigenvalue weighted by molar-refractivity contribution is -0.143. The molecule has 2 aliphatic rings. The molecule has 2 atom stereocenters. The normalized spacial score (nSPS) is 21.2. The number of carbonyl (C=O) groups excluding carboxylic acids is 3. The van der Waals surface area contributed by atoms with Gasteiger partial charge in [0.25, 0.3) is 0 Å². The van der Waals surface area contributed by atoms with Crippen molar-refractivity contribution in [2.24, 2.45) is 0 Å². The summed E-state index contributed by atoms with van der Waals surface area (Å²) in [6, 6.07) is 6.42. The number of piperidine rings is 1. The third kappa shape index (κ3) is 5.93. The van der Waals surface area contributed by atoms with E-state index in [-0.39, 0.29) is 11.8 Å². The van der Waals surface area contributed by atoms with E-state index in [2.05, 4.69) is 5.32 Å². The molecular formula is C24H35N3O5. The van der Waals surface area contributed by atoms with Gasteiger partial charge in [0.05, 0.1) is 7.11 Å². The lowest BCUT2D eigenvalue weighted by Crippen LogP contribution is -2.56. The van der Waals surface area contributed by atoms with Crippen LogP contribution < -0.4 is 10.1 Å². The molecule has 3 amide bonds. The van der Waals surface area contributed by atoms with Crippen LogP contribution in [0, 0.1) is 0 Å². The van der Waals surface area contributed by atoms with Crippen LogP contribution in [0.15, 0.2) is 24.3 Å². The standard InChI is InChI=1S/C24H35N3O5/c1-24(2,3)32-23(30)27-13-6-5-11-20(27)22(29)26-14-8-12-19(26)21(28)25-16-17-9-7-10-18(15-17)31-4/h7,9-10,15,19-20H,5-6,8,11-14,16H2,1-4H3,(H,25,28)/t19-,20+/m0/s1. The van der Waals surface area contributed by atoms with Crippen molar-refractivity contribution in [2.45, 2.75) is 77.1 Å². The molecule has 2 aliphatic heterocycles. The highest BCUT2D eigenvalue weighted by atomic mass is 16.6. The molecule has 0 radical (unpaired) electrons. The number of benzene rings is 1. The minimum absolute atomic E-state index is 0.158. The molecule has 8 nitrogen and oxygen atoms in total. The zero-order valence-corrected chi connectivity index (χ0v) is 19.6. The molecule has 0 saturated carbocycles. The van der Waals surface area contributed by atoms with Gasteiger partial charge in [-0.25, -0.2) is 4.79 Å². The first-order valence-electron chi connectivity index (χ1n) is 11.4. The van der Waals surface area contributed by atoms with Gasteiger partial charge in [-0.15, -0.1) is 0 Å². The SMILES string of the molecule is COc1cccc(CNC(=O)[C@@H]2CCCN2C(=O)[C@H]2CCCCN2C(=O)OC(C)(C)C)c1. The highest BCUT2D eigenvalue weighted by molar-refractivity contribution is 5.92. The van der Waals surface area contributed by atoms with Gasteiger partial charge in [-0.2, -0.15) is 0 Å². The molecular weight excluding hydrogens is 410 g/mol. The van der Waals surface area contributed by atoms with Crippen LogP contribution in [0.2, 0.25) is 0 Å². The summed E-state index contributed by atoms with van der Waals surface area (Å²) in [7, 11) is 1.60. The van der Waals surface area contributed by atoms with Crippen LogP contribution in [0.3, 0.4) is 0 Å². The molecule has 176 valence electrons. The summed E-state index contributed by atoms with van der Waals surface area (Å²) in [5.74, 6) is 0.404. The number of ether oxygens (including phenoxy) is 2. The van der Waals surface area contributed by atoms with Crippen LogP contribution in [0.25, 0.3) is 0 Å². The Labute approximate surface area is 190 Å². The number of rotatable bonds is 5. The van der Waals surface area contributed by atoms with Crippen LogP contribution in [-0.2, 0) is 20.9 Å². The number of amides is 3. The van der Waals surface area contributed by atoms with E-state index in [0.29, 0.717) is 32.5 Å². The van der Waals surface area contributed by atoms with E-state index in [1.165, 1.54) is 0 Å². The largest absolute Gasteiger partial charge is 0.497 e. The number of methoxy groups -OCH3 is 1. The van der Waals surface area contributed by atoms with Crippen molar-refractivity contribution in [1.29, 1.82) is 0 Å². The van der Waals surface area contributed by atoms with Gasteiger partial charge >= 0.3 is 6.09 Å². The molecule has 2 heterocycles. The Morgan fingerprint density at radius 1 is 1.03 bits per heavy atom. The van der Waals surface area contributed by atoms with E-state index in [1.807, 2.05) is 45.0 Å². The number of carbonyl (C=O) groups is 3. The van der Waals surface area contributed by atoms with Gasteiger partial charge in [-0.1, -0.05) is 12.1 Å². The van der Waals surface area contributed by atoms with Crippen LogP contribution in [0.4, 0.5) is 4.79 Å². The monoisotopic (exact) mass is 445 g/mol. The Balaban J connectivity index is 1.65. The van der Waals surface area contributed by atoms with Crippen molar-refractivity contribution in [3.05, 3.63) is 29.8 Å². The zero-order chi connectivity index (χ0) is 23.3. The third-order valence-electron chi connectivity index (χ3n) is 5.86. The number of likely N-dealkylation sites (tertiary alicyclic amines) is 2. The Kier molecular flexibility index (Phi) is 7.64. The van der Waals surface area contributed by atoms with E-state index in [4.69, 9.17) is 9.47 Å². The van der Waals surface area contributed by atoms with Gasteiger partial charge in [0, 0.05) is 19.6 Å². The van der Waals surface area contributed by atoms with Gasteiger partial charge < -0.3 is 19.7 Å². The van der Waals surface area contributed by atoms with Gasteiger partial charge in [0.2, 0.25) is 11.8 Å². The smallest absolute Gasteiger partial charge is 0.410 e. The summed E-state index contributed by atoms with van der Waals surface area (Å²) >= 11 is 0. The summed E-state index contributed by atoms with van der Waals surface area (Å²) in [6.45, 7) is 6.82. The van der Waals surface area contributed by atoms with Crippen LogP contribution in [-0.4, -0.2) is 65.6 Å². The third-order valence-corrected chi connectivity index (χ3v) is 5.86. The lowest BCUT2D eigenvalue weighted by Gasteiger charge is -2.38. The quantitative estimate of drug-likeness (QED) is 0.753. The summed E-state index contributed by atoms with van der Waals surface area (Å²) in [4.78, 5) is 42.3. The topological polar surface area (TPSA) is 88.2 Å². The predicted molar refractivity (Wildman–Crippen MR) is 120 cm³/mol. The van der Waals surface area contributed by atoms with Gasteiger partial charge in [-0.3, -0.25) is 14.5 Å². The number of nitrogens with zero attached hydrogens (tertiary/aromatic N) is 2. The van der Waals surface area contributed by atoms with E-state index in [1.54, 1.807) is 16.9 Å². The van der Waals surface area contributed by atoms with E-state index in [9.17, 15) is 14.4 Å². The average Bonchev–Trinajstić information content (AvgIpc) is 3.26. The fourth-order valence-corrected chi connectivity index (χ4v) is 4.31. The maximum Gasteiger partial charge on any atom is 0.410 e. The molecule has 0 spiro atoms. The maximum atomic E-state index is 13.4. The Morgan fingerprint density at radius 2 is 1.75 bits per heavy atom. The lowest BCUT2D eigenvalue weighted by atomic mass is 10.0. The van der Waals surface area contributed by atoms with E-state index < -0.39 is 23.8 Å². The van der Waals surface area contributed by atoms with Gasteiger partial charge in [-0.05, 0) is 70.6 Å². The van der Waals surface area contributed by atoms with Gasteiger partial charge in [0.1, 0.15) is 23.4 Å². The molecule has 32 heavy (non-hydrogen) atoms. The van der Waals surface area contributed by atoms with Crippen LogP contribution in [0.1, 0.15) is 58.4 Å². The fraction of sp³-hybridized carbons (Fsp3) is 0.625. The van der Waals surface area contributed by atoms with Crippen molar-refractivity contribution >= 4 is 17.9 Å². The first-order valence-corrected chi connectivity index (χ1v) is 11.4. The Hall–Kier alpha value is -2.77. The minimum atomic E-state index is -0.627. The molecule has 2 fully saturated rings. The number of hydrogen-bond acceptors (Lipinski definition) is 5. The van der Waals surface area contributed by atoms with Crippen molar-refractivity contribution < 1.29 is 23.9 Å². The van der Waals surface area contributed by atoms with Crippen LogP contribution in [0.5, 0.6) is 5.75 Å². The first-order chi connectivity index (χ1) is 15.2. The molecule has 0 aromatic heterocycles. The van der Waals surface area contributed by atoms with E-state index in [0.717, 1.165) is 30.6 Å². The fourth-order valence-electron chi connectivity index (χ4n) is 4.31. The second-order valence-corrected chi connectivity index (χ2v) is 9.44. The molecule has 0 aliphatic carbocycles. The number of hydrogen-bond donors (Lipinski definition) is 1. The van der Waals surface area contributed by atoms with Crippen molar-refractivity contribution in [3.8, 4) is 5.75 Å². The molecule has 3 rings (SSSR count). The number of nitrogens with one attached hydrogen (secondary N) is 1. The van der Waals surface area contributed by atoms with Crippen LogP contribution >= 0.6 is 0 Å². The van der Waals surface area contributed by atoms with Crippen molar-refractivity contribution in [2.75, 3.05) is 20.2 Å². The maximum absolute atomic E-state index is 13.4. The molecule has 1 N–H and O–H groups in total. The summed E-state index contributed by atoms with van der Waals surface area (Å²) in [5.41, 5.74) is 0.301. The molecule has 0 unspecified atom stereocenters. The zero-order valence-electron chi connectivity index (χ0n) is 19.6. The minimum Gasteiger partial charge on any atom is -0.497 e. The molecule has 0 bridgehead atoms. The van der Waals surface area contributed by atoms with E-state index >= 15 is 0 Å². The molecule has 2 saturated heterocycles. The predicted octanol–water partition coefficient (Wildman–Crippen LogP) is 3.09. The molecule has 8 heteroatoms. The molecule has 1 aromatic carbocycles. The molecule has 1 aromatic rings. The second-order valence-electron chi connectivity index (χ2n) is 9.44. The Bertz CT molecular complexity index is 835. The summed E-state index contributed by atoms with van der Waals surface area (Å²) in [5, 5.41) is 2.95. The van der Waals surface area contributed by atoms with Gasteiger partial charge in [0.15, 0.2) is 0 Å².